The van der Waals surface area contributed by atoms with Gasteiger partial charge in [0.1, 0.15) is 11.9 Å². The normalized spacial score (nSPS) is 17.8. The first-order valence-electron chi connectivity index (χ1n) is 13.4. The Morgan fingerprint density at radius 2 is 1.61 bits per heavy atom. The van der Waals surface area contributed by atoms with Crippen LogP contribution in [0.25, 0.3) is 0 Å². The third-order valence-electron chi connectivity index (χ3n) is 7.29. The predicted molar refractivity (Wildman–Crippen MR) is 144 cm³/mol. The Morgan fingerprint density at radius 1 is 0.947 bits per heavy atom. The van der Waals surface area contributed by atoms with Gasteiger partial charge in [-0.3, -0.25) is 4.79 Å². The van der Waals surface area contributed by atoms with Crippen molar-refractivity contribution < 1.29 is 22.7 Å². The Kier molecular flexibility index (Phi) is 8.80. The van der Waals surface area contributed by atoms with Crippen LogP contribution in [0.2, 0.25) is 0 Å². The molecule has 3 aromatic rings. The molecule has 3 aromatic carbocycles. The molecule has 0 aromatic heterocycles. The van der Waals surface area contributed by atoms with Crippen LogP contribution >= 0.6 is 0 Å². The molecule has 0 radical (unpaired) electrons. The number of halogens is 3. The number of ether oxygens (including phenoxy) is 1. The van der Waals surface area contributed by atoms with Gasteiger partial charge in [-0.2, -0.15) is 13.2 Å². The molecule has 1 amide bonds. The number of piperidine rings is 1. The SMILES string of the molecule is CC(C)Cc1ccccc1C(C)C(=O)N1CCC[C@@H]([C@@H](Oc2ccc(C(F)(F)F)cc2)c2ccccc2)C1. The van der Waals surface area contributed by atoms with Crippen LogP contribution < -0.4 is 4.74 Å². The zero-order valence-electron chi connectivity index (χ0n) is 22.2. The first-order chi connectivity index (χ1) is 18.1. The van der Waals surface area contributed by atoms with E-state index in [2.05, 4.69) is 26.0 Å². The maximum atomic E-state index is 13.7. The van der Waals surface area contributed by atoms with Crippen LogP contribution in [-0.4, -0.2) is 23.9 Å². The summed E-state index contributed by atoms with van der Waals surface area (Å²) < 4.78 is 45.5. The van der Waals surface area contributed by atoms with Crippen molar-refractivity contribution in [2.24, 2.45) is 11.8 Å². The second-order valence-corrected chi connectivity index (χ2v) is 10.7. The largest absolute Gasteiger partial charge is 0.485 e. The Hall–Kier alpha value is -3.28. The van der Waals surface area contributed by atoms with Gasteiger partial charge in [0.2, 0.25) is 5.91 Å². The van der Waals surface area contributed by atoms with Gasteiger partial charge in [0.25, 0.3) is 0 Å². The molecule has 202 valence electrons. The summed E-state index contributed by atoms with van der Waals surface area (Å²) in [5.74, 6) is 0.732. The van der Waals surface area contributed by atoms with Gasteiger partial charge in [-0.05, 0) is 73.1 Å². The summed E-state index contributed by atoms with van der Waals surface area (Å²) in [7, 11) is 0. The van der Waals surface area contributed by atoms with Crippen molar-refractivity contribution in [1.29, 1.82) is 0 Å². The molecule has 6 heteroatoms. The maximum absolute atomic E-state index is 13.7. The standard InChI is InChI=1S/C32H36F3NO2/c1-22(2)20-25-12-7-8-14-29(25)23(3)31(37)36-19-9-13-26(21-36)30(24-10-5-4-6-11-24)38-28-17-15-27(16-18-28)32(33,34)35/h4-8,10-12,14-18,22-23,26,30H,9,13,19-21H2,1-3H3/t23?,26-,30+/m1/s1. The van der Waals surface area contributed by atoms with E-state index in [1.165, 1.54) is 17.7 Å². The van der Waals surface area contributed by atoms with E-state index in [1.54, 1.807) is 0 Å². The molecule has 1 unspecified atom stereocenters. The molecule has 1 heterocycles. The molecule has 3 atom stereocenters. The third-order valence-corrected chi connectivity index (χ3v) is 7.29. The highest BCUT2D eigenvalue weighted by atomic mass is 19.4. The predicted octanol–water partition coefficient (Wildman–Crippen LogP) is 8.07. The van der Waals surface area contributed by atoms with Crippen molar-refractivity contribution in [3.05, 3.63) is 101 Å². The second-order valence-electron chi connectivity index (χ2n) is 10.7. The molecule has 1 fully saturated rings. The minimum Gasteiger partial charge on any atom is -0.485 e. The van der Waals surface area contributed by atoms with Gasteiger partial charge in [0.15, 0.2) is 0 Å². The Bertz CT molecular complexity index is 1190. The third kappa shape index (κ3) is 6.77. The number of hydrogen-bond donors (Lipinski definition) is 0. The molecule has 1 aliphatic rings. The molecule has 0 saturated carbocycles. The fourth-order valence-electron chi connectivity index (χ4n) is 5.39. The summed E-state index contributed by atoms with van der Waals surface area (Å²) in [6.45, 7) is 7.57. The number of amides is 1. The van der Waals surface area contributed by atoms with Gasteiger partial charge in [-0.15, -0.1) is 0 Å². The highest BCUT2D eigenvalue weighted by Gasteiger charge is 2.34. The van der Waals surface area contributed by atoms with Gasteiger partial charge in [0, 0.05) is 19.0 Å². The minimum atomic E-state index is -4.40. The fraction of sp³-hybridized carbons (Fsp3) is 0.406. The summed E-state index contributed by atoms with van der Waals surface area (Å²) >= 11 is 0. The van der Waals surface area contributed by atoms with Crippen molar-refractivity contribution in [2.45, 2.75) is 58.2 Å². The van der Waals surface area contributed by atoms with E-state index in [1.807, 2.05) is 54.3 Å². The van der Waals surface area contributed by atoms with E-state index in [9.17, 15) is 18.0 Å². The van der Waals surface area contributed by atoms with Crippen LogP contribution in [0.15, 0.2) is 78.9 Å². The number of carbonyl (C=O) groups excluding carboxylic acids is 1. The Balaban J connectivity index is 1.54. The van der Waals surface area contributed by atoms with E-state index in [0.29, 0.717) is 24.8 Å². The molecule has 3 nitrogen and oxygen atoms in total. The number of nitrogens with zero attached hydrogens (tertiary/aromatic N) is 1. The molecule has 0 bridgehead atoms. The van der Waals surface area contributed by atoms with E-state index in [-0.39, 0.29) is 23.8 Å². The molecule has 1 saturated heterocycles. The Morgan fingerprint density at radius 3 is 2.26 bits per heavy atom. The van der Waals surface area contributed by atoms with Gasteiger partial charge in [-0.1, -0.05) is 68.4 Å². The summed E-state index contributed by atoms with van der Waals surface area (Å²) in [6.07, 6.45) is -2.15. The lowest BCUT2D eigenvalue weighted by atomic mass is 9.86. The number of benzene rings is 3. The van der Waals surface area contributed by atoms with E-state index in [4.69, 9.17) is 4.74 Å². The average Bonchev–Trinajstić information content (AvgIpc) is 2.91. The fourth-order valence-corrected chi connectivity index (χ4v) is 5.39. The van der Waals surface area contributed by atoms with Gasteiger partial charge in [-0.25, -0.2) is 0 Å². The van der Waals surface area contributed by atoms with E-state index < -0.39 is 11.7 Å². The highest BCUT2D eigenvalue weighted by Crippen LogP contribution is 2.37. The maximum Gasteiger partial charge on any atom is 0.416 e. The van der Waals surface area contributed by atoms with E-state index in [0.717, 1.165) is 42.5 Å². The molecule has 0 spiro atoms. The topological polar surface area (TPSA) is 29.5 Å². The number of likely N-dealkylation sites (tertiary alicyclic amines) is 1. The van der Waals surface area contributed by atoms with Crippen LogP contribution in [0.4, 0.5) is 13.2 Å². The lowest BCUT2D eigenvalue weighted by molar-refractivity contribution is -0.137. The average molecular weight is 524 g/mol. The van der Waals surface area contributed by atoms with Crippen molar-refractivity contribution in [3.8, 4) is 5.75 Å². The first-order valence-corrected chi connectivity index (χ1v) is 13.4. The smallest absolute Gasteiger partial charge is 0.416 e. The van der Waals surface area contributed by atoms with E-state index >= 15 is 0 Å². The van der Waals surface area contributed by atoms with Gasteiger partial charge < -0.3 is 9.64 Å². The Labute approximate surface area is 223 Å². The molecule has 0 aliphatic carbocycles. The summed E-state index contributed by atoms with van der Waals surface area (Å²) in [4.78, 5) is 15.7. The lowest BCUT2D eigenvalue weighted by Crippen LogP contribution is -2.44. The van der Waals surface area contributed by atoms with Gasteiger partial charge in [0.05, 0.1) is 11.5 Å². The summed E-state index contributed by atoms with van der Waals surface area (Å²) in [6, 6.07) is 22.8. The number of hydrogen-bond acceptors (Lipinski definition) is 2. The second kappa shape index (κ2) is 12.1. The zero-order chi connectivity index (χ0) is 27.3. The zero-order valence-corrected chi connectivity index (χ0v) is 22.2. The number of alkyl halides is 3. The molecular weight excluding hydrogens is 487 g/mol. The van der Waals surface area contributed by atoms with Crippen LogP contribution in [0.3, 0.4) is 0 Å². The molecule has 1 aliphatic heterocycles. The van der Waals surface area contributed by atoms with Crippen LogP contribution in [-0.2, 0) is 17.4 Å². The highest BCUT2D eigenvalue weighted by molar-refractivity contribution is 5.84. The number of rotatable bonds is 8. The molecule has 0 N–H and O–H groups in total. The van der Waals surface area contributed by atoms with Gasteiger partial charge >= 0.3 is 6.18 Å². The monoisotopic (exact) mass is 523 g/mol. The molecule has 38 heavy (non-hydrogen) atoms. The first kappa shape index (κ1) is 27.7. The van der Waals surface area contributed by atoms with Crippen molar-refractivity contribution in [2.75, 3.05) is 13.1 Å². The quantitative estimate of drug-likeness (QED) is 0.299. The van der Waals surface area contributed by atoms with Crippen LogP contribution in [0, 0.1) is 11.8 Å². The minimum absolute atomic E-state index is 0.00972. The molecular formula is C32H36F3NO2. The lowest BCUT2D eigenvalue weighted by Gasteiger charge is -2.38. The van der Waals surface area contributed by atoms with Crippen molar-refractivity contribution in [3.63, 3.8) is 0 Å². The number of carbonyl (C=O) groups is 1. The summed E-state index contributed by atoms with van der Waals surface area (Å²) in [5.41, 5.74) is 2.53. The van der Waals surface area contributed by atoms with Crippen molar-refractivity contribution >= 4 is 5.91 Å². The molecule has 4 rings (SSSR count). The summed E-state index contributed by atoms with van der Waals surface area (Å²) in [5, 5.41) is 0. The van der Waals surface area contributed by atoms with Crippen LogP contribution in [0.1, 0.15) is 67.9 Å². The van der Waals surface area contributed by atoms with Crippen molar-refractivity contribution in [1.82, 2.24) is 4.90 Å². The van der Waals surface area contributed by atoms with Crippen LogP contribution in [0.5, 0.6) is 5.75 Å².